The molecule has 0 saturated carbocycles. The summed E-state index contributed by atoms with van der Waals surface area (Å²) in [7, 11) is 0. The first-order valence-electron chi connectivity index (χ1n) is 7.46. The van der Waals surface area contributed by atoms with Gasteiger partial charge in [0.1, 0.15) is 0 Å². The zero-order valence-corrected chi connectivity index (χ0v) is 12.5. The van der Waals surface area contributed by atoms with E-state index in [9.17, 15) is 13.2 Å². The summed E-state index contributed by atoms with van der Waals surface area (Å²) in [4.78, 5) is 2.35. The van der Waals surface area contributed by atoms with Crippen LogP contribution in [0.25, 0.3) is 0 Å². The first kappa shape index (κ1) is 16.3. The molecule has 1 fully saturated rings. The molecule has 0 spiro atoms. The Hall–Kier alpha value is -1.07. The van der Waals surface area contributed by atoms with E-state index in [1.54, 1.807) is 12.1 Å². The number of nitrogens with two attached hydrogens (primary N) is 1. The van der Waals surface area contributed by atoms with Gasteiger partial charge in [-0.15, -0.1) is 0 Å². The molecular formula is C16H23F3N2. The molecule has 0 amide bonds. The molecule has 5 heteroatoms. The molecule has 1 aromatic rings. The number of benzene rings is 1. The van der Waals surface area contributed by atoms with E-state index in [0.717, 1.165) is 24.9 Å². The highest BCUT2D eigenvalue weighted by Gasteiger charge is 2.31. The van der Waals surface area contributed by atoms with E-state index in [1.165, 1.54) is 12.1 Å². The third-order valence-electron chi connectivity index (χ3n) is 4.58. The standard InChI is InChI=1S/C16H23F3N2/c1-11-3-4-13(9-20)10-21(11)12(2)14-5-7-15(8-6-14)16(17,18)19/h5-8,11-13H,3-4,9-10,20H2,1-2H3. The Labute approximate surface area is 124 Å². The maximum absolute atomic E-state index is 12.6. The number of halogens is 3. The molecule has 1 aromatic carbocycles. The Bertz CT molecular complexity index is 456. The van der Waals surface area contributed by atoms with Crippen LogP contribution in [-0.4, -0.2) is 24.0 Å². The van der Waals surface area contributed by atoms with Crippen LogP contribution in [0, 0.1) is 5.92 Å². The van der Waals surface area contributed by atoms with E-state index in [-0.39, 0.29) is 6.04 Å². The molecule has 3 unspecified atom stereocenters. The Morgan fingerprint density at radius 3 is 2.38 bits per heavy atom. The molecule has 1 heterocycles. The van der Waals surface area contributed by atoms with Crippen molar-refractivity contribution >= 4 is 0 Å². The molecule has 0 aromatic heterocycles. The maximum Gasteiger partial charge on any atom is 0.416 e. The Balaban J connectivity index is 2.13. The van der Waals surface area contributed by atoms with Crippen molar-refractivity contribution in [1.29, 1.82) is 0 Å². The molecule has 118 valence electrons. The summed E-state index contributed by atoms with van der Waals surface area (Å²) in [6.07, 6.45) is -2.05. The number of alkyl halides is 3. The van der Waals surface area contributed by atoms with Crippen LogP contribution in [0.2, 0.25) is 0 Å². The maximum atomic E-state index is 12.6. The lowest BCUT2D eigenvalue weighted by Crippen LogP contribution is -2.44. The van der Waals surface area contributed by atoms with Crippen LogP contribution in [0.1, 0.15) is 43.9 Å². The Morgan fingerprint density at radius 2 is 1.86 bits per heavy atom. The van der Waals surface area contributed by atoms with Gasteiger partial charge in [-0.3, -0.25) is 4.90 Å². The van der Waals surface area contributed by atoms with E-state index < -0.39 is 11.7 Å². The van der Waals surface area contributed by atoms with E-state index >= 15 is 0 Å². The topological polar surface area (TPSA) is 29.3 Å². The smallest absolute Gasteiger partial charge is 0.330 e. The third kappa shape index (κ3) is 3.77. The second-order valence-electron chi connectivity index (χ2n) is 6.02. The first-order chi connectivity index (χ1) is 9.82. The summed E-state index contributed by atoms with van der Waals surface area (Å²) in [5, 5.41) is 0. The molecular weight excluding hydrogens is 277 g/mol. The average Bonchev–Trinajstić information content (AvgIpc) is 2.46. The Morgan fingerprint density at radius 1 is 1.24 bits per heavy atom. The Kier molecular flexibility index (Phi) is 4.94. The van der Waals surface area contributed by atoms with Gasteiger partial charge in [0.15, 0.2) is 0 Å². The highest BCUT2D eigenvalue weighted by molar-refractivity contribution is 5.26. The lowest BCUT2D eigenvalue weighted by molar-refractivity contribution is -0.137. The van der Waals surface area contributed by atoms with E-state index in [1.807, 2.05) is 0 Å². The lowest BCUT2D eigenvalue weighted by atomic mass is 9.91. The van der Waals surface area contributed by atoms with Gasteiger partial charge in [-0.2, -0.15) is 13.2 Å². The van der Waals surface area contributed by atoms with Crippen LogP contribution in [0.3, 0.4) is 0 Å². The van der Waals surface area contributed by atoms with Gasteiger partial charge in [-0.25, -0.2) is 0 Å². The van der Waals surface area contributed by atoms with Crippen LogP contribution in [-0.2, 0) is 6.18 Å². The van der Waals surface area contributed by atoms with Crippen molar-refractivity contribution in [3.63, 3.8) is 0 Å². The molecule has 0 radical (unpaired) electrons. The SMILES string of the molecule is CC1CCC(CN)CN1C(C)c1ccc(C(F)(F)F)cc1. The third-order valence-corrected chi connectivity index (χ3v) is 4.58. The molecule has 2 nitrogen and oxygen atoms in total. The summed E-state index contributed by atoms with van der Waals surface area (Å²) >= 11 is 0. The normalized spacial score (nSPS) is 25.8. The largest absolute Gasteiger partial charge is 0.416 e. The van der Waals surface area contributed by atoms with Gasteiger partial charge in [-0.1, -0.05) is 12.1 Å². The molecule has 3 atom stereocenters. The first-order valence-corrected chi connectivity index (χ1v) is 7.46. The molecule has 21 heavy (non-hydrogen) atoms. The molecule has 1 saturated heterocycles. The van der Waals surface area contributed by atoms with Crippen LogP contribution in [0.4, 0.5) is 13.2 Å². The van der Waals surface area contributed by atoms with Crippen LogP contribution in [0.15, 0.2) is 24.3 Å². The summed E-state index contributed by atoms with van der Waals surface area (Å²) < 4.78 is 37.8. The monoisotopic (exact) mass is 300 g/mol. The lowest BCUT2D eigenvalue weighted by Gasteiger charge is -2.41. The van der Waals surface area contributed by atoms with Crippen LogP contribution in [0.5, 0.6) is 0 Å². The minimum Gasteiger partial charge on any atom is -0.330 e. The fourth-order valence-electron chi connectivity index (χ4n) is 3.09. The molecule has 0 bridgehead atoms. The van der Waals surface area contributed by atoms with E-state index in [4.69, 9.17) is 5.73 Å². The predicted molar refractivity (Wildman–Crippen MR) is 77.8 cm³/mol. The second kappa shape index (κ2) is 6.36. The van der Waals surface area contributed by atoms with Gasteiger partial charge < -0.3 is 5.73 Å². The average molecular weight is 300 g/mol. The minimum atomic E-state index is -4.27. The fraction of sp³-hybridized carbons (Fsp3) is 0.625. The number of likely N-dealkylation sites (tertiary alicyclic amines) is 1. The highest BCUT2D eigenvalue weighted by Crippen LogP contribution is 2.33. The van der Waals surface area contributed by atoms with Crippen molar-refractivity contribution in [1.82, 2.24) is 4.90 Å². The van der Waals surface area contributed by atoms with Gasteiger partial charge in [0.05, 0.1) is 5.56 Å². The molecule has 2 rings (SSSR count). The summed E-state index contributed by atoms with van der Waals surface area (Å²) in [5.74, 6) is 0.484. The fourth-order valence-corrected chi connectivity index (χ4v) is 3.09. The van der Waals surface area contributed by atoms with Crippen molar-refractivity contribution in [3.05, 3.63) is 35.4 Å². The number of hydrogen-bond acceptors (Lipinski definition) is 2. The van der Waals surface area contributed by atoms with E-state index in [2.05, 4.69) is 18.7 Å². The molecule has 1 aliphatic rings. The minimum absolute atomic E-state index is 0.108. The number of hydrogen-bond donors (Lipinski definition) is 1. The second-order valence-corrected chi connectivity index (χ2v) is 6.02. The predicted octanol–water partition coefficient (Wildman–Crippen LogP) is 3.83. The molecule has 1 aliphatic heterocycles. The van der Waals surface area contributed by atoms with Crippen molar-refractivity contribution in [3.8, 4) is 0 Å². The summed E-state index contributed by atoms with van der Waals surface area (Å²) in [5.41, 5.74) is 6.10. The number of nitrogens with zero attached hydrogens (tertiary/aromatic N) is 1. The highest BCUT2D eigenvalue weighted by atomic mass is 19.4. The van der Waals surface area contributed by atoms with Gasteiger partial charge in [0, 0.05) is 18.6 Å². The van der Waals surface area contributed by atoms with Crippen LogP contribution >= 0.6 is 0 Å². The summed E-state index contributed by atoms with van der Waals surface area (Å²) in [6, 6.07) is 6.06. The molecule has 2 N–H and O–H groups in total. The van der Waals surface area contributed by atoms with Gasteiger partial charge in [0.2, 0.25) is 0 Å². The van der Waals surface area contributed by atoms with Gasteiger partial charge in [0.25, 0.3) is 0 Å². The van der Waals surface area contributed by atoms with Crippen molar-refractivity contribution < 1.29 is 13.2 Å². The quantitative estimate of drug-likeness (QED) is 0.919. The van der Waals surface area contributed by atoms with E-state index in [0.29, 0.717) is 18.5 Å². The number of piperidine rings is 1. The summed E-state index contributed by atoms with van der Waals surface area (Å²) in [6.45, 7) is 5.81. The van der Waals surface area contributed by atoms with Crippen molar-refractivity contribution in [2.75, 3.05) is 13.1 Å². The van der Waals surface area contributed by atoms with Crippen LogP contribution < -0.4 is 5.73 Å². The van der Waals surface area contributed by atoms with Crippen molar-refractivity contribution in [2.24, 2.45) is 11.7 Å². The zero-order valence-electron chi connectivity index (χ0n) is 12.5. The molecule has 0 aliphatic carbocycles. The van der Waals surface area contributed by atoms with Gasteiger partial charge >= 0.3 is 6.18 Å². The van der Waals surface area contributed by atoms with Crippen molar-refractivity contribution in [2.45, 2.75) is 44.9 Å². The van der Waals surface area contributed by atoms with Gasteiger partial charge in [-0.05, 0) is 56.8 Å². The zero-order chi connectivity index (χ0) is 15.6. The number of rotatable bonds is 3.